The second-order valence-corrected chi connectivity index (χ2v) is 6.67. The van der Waals surface area contributed by atoms with E-state index in [2.05, 4.69) is 40.3 Å². The van der Waals surface area contributed by atoms with Crippen molar-refractivity contribution >= 4 is 28.0 Å². The second-order valence-electron chi connectivity index (χ2n) is 6.67. The predicted molar refractivity (Wildman–Crippen MR) is 98.3 cm³/mol. The summed E-state index contributed by atoms with van der Waals surface area (Å²) in [6.07, 6.45) is 6.17. The van der Waals surface area contributed by atoms with Crippen LogP contribution in [0.4, 0.5) is 5.69 Å². The molecule has 0 aromatic carbocycles. The van der Waals surface area contributed by atoms with Crippen LogP contribution in [0.5, 0.6) is 0 Å². The third kappa shape index (κ3) is 2.61. The van der Waals surface area contributed by atoms with Gasteiger partial charge in [0.15, 0.2) is 11.3 Å². The fourth-order valence-electron chi connectivity index (χ4n) is 3.16. The van der Waals surface area contributed by atoms with Crippen molar-refractivity contribution in [3.8, 4) is 0 Å². The van der Waals surface area contributed by atoms with Crippen molar-refractivity contribution in [3.63, 3.8) is 0 Å². The quantitative estimate of drug-likeness (QED) is 0.619. The average Bonchev–Trinajstić information content (AvgIpc) is 3.18. The summed E-state index contributed by atoms with van der Waals surface area (Å²) < 4.78 is 4.13. The summed E-state index contributed by atoms with van der Waals surface area (Å²) in [5.41, 5.74) is 11.2. The molecule has 0 amide bonds. The van der Waals surface area contributed by atoms with Crippen LogP contribution in [0.2, 0.25) is 0 Å². The van der Waals surface area contributed by atoms with Crippen LogP contribution in [0.25, 0.3) is 22.3 Å². The highest BCUT2D eigenvalue weighted by Crippen LogP contribution is 2.24. The summed E-state index contributed by atoms with van der Waals surface area (Å²) in [6, 6.07) is 6.23. The number of pyridine rings is 2. The van der Waals surface area contributed by atoms with E-state index in [1.54, 1.807) is 12.5 Å². The maximum atomic E-state index is 6.21. The largest absolute Gasteiger partial charge is 0.397 e. The lowest BCUT2D eigenvalue weighted by Crippen LogP contribution is -2.10. The summed E-state index contributed by atoms with van der Waals surface area (Å²) in [4.78, 5) is 18.1. The van der Waals surface area contributed by atoms with Gasteiger partial charge in [0.2, 0.25) is 0 Å². The monoisotopic (exact) mass is 335 g/mol. The lowest BCUT2D eigenvalue weighted by Gasteiger charge is -2.14. The van der Waals surface area contributed by atoms with E-state index in [9.17, 15) is 0 Å². The Morgan fingerprint density at radius 3 is 2.64 bits per heavy atom. The fraction of sp³-hybridized carbons (Fsp3) is 0.333. The number of anilines is 1. The maximum absolute atomic E-state index is 6.21. The first kappa shape index (κ1) is 15.6. The van der Waals surface area contributed by atoms with E-state index in [1.165, 1.54) is 0 Å². The van der Waals surface area contributed by atoms with E-state index < -0.39 is 0 Å². The molecule has 0 saturated heterocycles. The van der Waals surface area contributed by atoms with E-state index in [1.807, 2.05) is 29.1 Å². The van der Waals surface area contributed by atoms with Gasteiger partial charge in [-0.2, -0.15) is 0 Å². The van der Waals surface area contributed by atoms with Gasteiger partial charge >= 0.3 is 0 Å². The van der Waals surface area contributed by atoms with Gasteiger partial charge in [-0.15, -0.1) is 0 Å². The molecule has 4 aromatic rings. The van der Waals surface area contributed by atoms with Gasteiger partial charge in [-0.1, -0.05) is 0 Å². The zero-order valence-corrected chi connectivity index (χ0v) is 14.6. The van der Waals surface area contributed by atoms with E-state index >= 15 is 0 Å². The van der Waals surface area contributed by atoms with Crippen LogP contribution in [0, 0.1) is 0 Å². The molecule has 0 aliphatic carbocycles. The molecule has 25 heavy (non-hydrogen) atoms. The predicted octanol–water partition coefficient (Wildman–Crippen LogP) is 3.14. The topological polar surface area (TPSA) is 87.4 Å². The lowest BCUT2D eigenvalue weighted by atomic mass is 10.1. The van der Waals surface area contributed by atoms with Crippen molar-refractivity contribution < 1.29 is 0 Å². The van der Waals surface area contributed by atoms with Crippen LogP contribution in [0.15, 0.2) is 37.1 Å². The number of imidazole rings is 2. The molecule has 0 bridgehead atoms. The minimum atomic E-state index is 0.166. The summed E-state index contributed by atoms with van der Waals surface area (Å²) in [7, 11) is 0. The third-order valence-corrected chi connectivity index (χ3v) is 4.48. The maximum Gasteiger partial charge on any atom is 0.162 e. The molecule has 4 aromatic heterocycles. The first-order valence-corrected chi connectivity index (χ1v) is 8.44. The van der Waals surface area contributed by atoms with Crippen molar-refractivity contribution in [2.24, 2.45) is 0 Å². The molecular formula is C18H21N7. The van der Waals surface area contributed by atoms with Gasteiger partial charge in [0, 0.05) is 30.4 Å². The van der Waals surface area contributed by atoms with Crippen LogP contribution in [-0.2, 0) is 6.42 Å². The summed E-state index contributed by atoms with van der Waals surface area (Å²) in [5, 5.41) is 0. The Hall–Kier alpha value is -2.96. The average molecular weight is 335 g/mol. The molecule has 7 nitrogen and oxygen atoms in total. The number of nitrogens with zero attached hydrogens (tertiary/aromatic N) is 6. The molecule has 0 aliphatic heterocycles. The van der Waals surface area contributed by atoms with Gasteiger partial charge in [0.25, 0.3) is 0 Å². The van der Waals surface area contributed by atoms with Crippen LogP contribution in [0.3, 0.4) is 0 Å². The molecule has 2 N–H and O–H groups in total. The second kappa shape index (κ2) is 5.84. The highest BCUT2D eigenvalue weighted by atomic mass is 15.1. The summed E-state index contributed by atoms with van der Waals surface area (Å²) in [5.74, 6) is 0. The zero-order valence-electron chi connectivity index (χ0n) is 14.6. The van der Waals surface area contributed by atoms with Gasteiger partial charge in [-0.05, 0) is 39.0 Å². The number of rotatable bonds is 4. The molecule has 128 valence electrons. The standard InChI is InChI=1S/C18H21N7/c1-11(2)24-10-22-16-14(19)8-13(23-18(16)24)7-12(3)25-9-21-15-5-4-6-20-17(15)25/h4-6,8-12H,7H2,1-3H3,(H2,19,23). The van der Waals surface area contributed by atoms with E-state index in [0.717, 1.165) is 34.4 Å². The van der Waals surface area contributed by atoms with Crippen molar-refractivity contribution in [2.75, 3.05) is 5.73 Å². The summed E-state index contributed by atoms with van der Waals surface area (Å²) >= 11 is 0. The molecule has 1 unspecified atom stereocenters. The van der Waals surface area contributed by atoms with Crippen molar-refractivity contribution in [2.45, 2.75) is 39.3 Å². The molecule has 0 saturated carbocycles. The highest BCUT2D eigenvalue weighted by Gasteiger charge is 2.15. The van der Waals surface area contributed by atoms with E-state index in [-0.39, 0.29) is 12.1 Å². The first-order valence-electron chi connectivity index (χ1n) is 8.44. The Kier molecular flexibility index (Phi) is 3.63. The van der Waals surface area contributed by atoms with Crippen molar-refractivity contribution in [1.29, 1.82) is 0 Å². The van der Waals surface area contributed by atoms with Gasteiger partial charge in [-0.3, -0.25) is 0 Å². The van der Waals surface area contributed by atoms with Gasteiger partial charge in [0.05, 0.1) is 18.3 Å². The van der Waals surface area contributed by atoms with E-state index in [4.69, 9.17) is 10.7 Å². The Labute approximate surface area is 145 Å². The van der Waals surface area contributed by atoms with Crippen LogP contribution in [0.1, 0.15) is 38.5 Å². The molecule has 0 radical (unpaired) electrons. The molecule has 7 heteroatoms. The first-order chi connectivity index (χ1) is 12.0. The smallest absolute Gasteiger partial charge is 0.162 e. The Morgan fingerprint density at radius 1 is 1.04 bits per heavy atom. The van der Waals surface area contributed by atoms with Crippen molar-refractivity contribution in [3.05, 3.63) is 42.7 Å². The number of fused-ring (bicyclic) bond motifs is 2. The van der Waals surface area contributed by atoms with E-state index in [0.29, 0.717) is 5.69 Å². The third-order valence-electron chi connectivity index (χ3n) is 4.48. The molecule has 0 fully saturated rings. The van der Waals surface area contributed by atoms with Crippen LogP contribution >= 0.6 is 0 Å². The minimum absolute atomic E-state index is 0.166. The van der Waals surface area contributed by atoms with Crippen LogP contribution < -0.4 is 5.73 Å². The lowest BCUT2D eigenvalue weighted by molar-refractivity contribution is 0.548. The van der Waals surface area contributed by atoms with Gasteiger partial charge in [0.1, 0.15) is 11.0 Å². The molecule has 1 atom stereocenters. The SMILES string of the molecule is CC(C)n1cnc2c(N)cc(CC(C)n3cnc4cccnc43)nc21. The van der Waals surface area contributed by atoms with Gasteiger partial charge < -0.3 is 14.9 Å². The minimum Gasteiger partial charge on any atom is -0.397 e. The number of hydrogen-bond acceptors (Lipinski definition) is 5. The molecule has 0 spiro atoms. The Morgan fingerprint density at radius 2 is 1.84 bits per heavy atom. The number of aromatic nitrogens is 6. The highest BCUT2D eigenvalue weighted by molar-refractivity contribution is 5.84. The molecule has 4 rings (SSSR count). The Balaban J connectivity index is 1.71. The number of nitrogens with two attached hydrogens (primary N) is 1. The van der Waals surface area contributed by atoms with Crippen molar-refractivity contribution in [1.82, 2.24) is 29.1 Å². The number of nitrogen functional groups attached to an aromatic ring is 1. The zero-order chi connectivity index (χ0) is 17.6. The molecule has 0 aliphatic rings. The summed E-state index contributed by atoms with van der Waals surface area (Å²) in [6.45, 7) is 6.35. The molecule has 4 heterocycles. The fourth-order valence-corrected chi connectivity index (χ4v) is 3.16. The molecular weight excluding hydrogens is 314 g/mol. The normalized spacial score (nSPS) is 13.1. The van der Waals surface area contributed by atoms with Crippen LogP contribution in [-0.4, -0.2) is 29.1 Å². The Bertz CT molecular complexity index is 1040. The number of hydrogen-bond donors (Lipinski definition) is 1. The van der Waals surface area contributed by atoms with Gasteiger partial charge in [-0.25, -0.2) is 19.9 Å².